The lowest BCUT2D eigenvalue weighted by molar-refractivity contribution is -0.113. The molecule has 2 N–H and O–H groups in total. The molecule has 0 aliphatic heterocycles. The quantitative estimate of drug-likeness (QED) is 0.245. The maximum Gasteiger partial charge on any atom is 0.255 e. The minimum Gasteiger partial charge on any atom is -0.322 e. The van der Waals surface area contributed by atoms with E-state index in [1.165, 1.54) is 23.1 Å². The number of aryl methyl sites for hydroxylation is 1. The van der Waals surface area contributed by atoms with Crippen molar-refractivity contribution in [2.75, 3.05) is 16.4 Å². The van der Waals surface area contributed by atoms with Crippen molar-refractivity contribution in [1.82, 2.24) is 4.98 Å². The maximum absolute atomic E-state index is 12.4. The molecule has 0 unspecified atom stereocenters. The summed E-state index contributed by atoms with van der Waals surface area (Å²) < 4.78 is 0. The Labute approximate surface area is 215 Å². The molecule has 0 radical (unpaired) electrons. The van der Waals surface area contributed by atoms with Crippen LogP contribution in [0.2, 0.25) is 10.0 Å². The van der Waals surface area contributed by atoms with E-state index >= 15 is 0 Å². The third-order valence-corrected chi connectivity index (χ3v) is 7.07. The second-order valence-corrected chi connectivity index (χ2v) is 10.1. The van der Waals surface area contributed by atoms with Crippen molar-refractivity contribution in [3.63, 3.8) is 0 Å². The van der Waals surface area contributed by atoms with Gasteiger partial charge in [0.2, 0.25) is 5.91 Å². The van der Waals surface area contributed by atoms with Gasteiger partial charge in [0.05, 0.1) is 16.5 Å². The van der Waals surface area contributed by atoms with E-state index in [1.54, 1.807) is 30.3 Å². The van der Waals surface area contributed by atoms with Crippen molar-refractivity contribution in [1.29, 1.82) is 0 Å². The summed E-state index contributed by atoms with van der Waals surface area (Å²) in [5, 5.41) is 9.08. The molecule has 2 amide bonds. The number of carbonyl (C=O) groups is 2. The number of rotatable bonds is 7. The second kappa shape index (κ2) is 11.1. The van der Waals surface area contributed by atoms with Gasteiger partial charge in [-0.1, -0.05) is 40.9 Å². The first-order valence-electron chi connectivity index (χ1n) is 10.2. The molecule has 4 rings (SSSR count). The molecule has 0 atom stereocenters. The van der Waals surface area contributed by atoms with Crippen LogP contribution >= 0.6 is 46.3 Å². The Morgan fingerprint density at radius 3 is 2.41 bits per heavy atom. The first-order valence-corrected chi connectivity index (χ1v) is 12.8. The van der Waals surface area contributed by atoms with Gasteiger partial charge in [-0.3, -0.25) is 9.59 Å². The minimum atomic E-state index is -0.164. The summed E-state index contributed by atoms with van der Waals surface area (Å²) in [6.45, 7) is 1.98. The largest absolute Gasteiger partial charge is 0.322 e. The molecule has 4 aromatic rings. The molecular formula is C25H19Cl2N3O2S2. The summed E-state index contributed by atoms with van der Waals surface area (Å²) in [6.07, 6.45) is 0. The molecular weight excluding hydrogens is 509 g/mol. The van der Waals surface area contributed by atoms with Crippen molar-refractivity contribution in [3.8, 4) is 11.3 Å². The van der Waals surface area contributed by atoms with Gasteiger partial charge < -0.3 is 10.6 Å². The van der Waals surface area contributed by atoms with Gasteiger partial charge in [-0.05, 0) is 61.5 Å². The van der Waals surface area contributed by atoms with E-state index < -0.39 is 0 Å². The smallest absolute Gasteiger partial charge is 0.255 e. The van der Waals surface area contributed by atoms with Crippen molar-refractivity contribution in [2.24, 2.45) is 0 Å². The first-order chi connectivity index (χ1) is 16.4. The highest BCUT2D eigenvalue weighted by atomic mass is 35.5. The van der Waals surface area contributed by atoms with E-state index in [-0.39, 0.29) is 17.6 Å². The Balaban J connectivity index is 1.28. The highest BCUT2D eigenvalue weighted by Crippen LogP contribution is 2.32. The summed E-state index contributed by atoms with van der Waals surface area (Å²) in [7, 11) is 0. The van der Waals surface area contributed by atoms with E-state index in [0.29, 0.717) is 32.1 Å². The van der Waals surface area contributed by atoms with Gasteiger partial charge >= 0.3 is 0 Å². The third-order valence-electron chi connectivity index (χ3n) is 4.75. The van der Waals surface area contributed by atoms with Crippen molar-refractivity contribution in [2.45, 2.75) is 11.8 Å². The molecule has 1 aromatic heterocycles. The van der Waals surface area contributed by atoms with Crippen molar-refractivity contribution in [3.05, 3.63) is 93.3 Å². The zero-order chi connectivity index (χ0) is 24.1. The maximum atomic E-state index is 12.4. The van der Waals surface area contributed by atoms with Gasteiger partial charge in [0.25, 0.3) is 5.91 Å². The van der Waals surface area contributed by atoms with Gasteiger partial charge in [0.1, 0.15) is 0 Å². The fraction of sp³-hybridized carbons (Fsp3) is 0.0800. The highest BCUT2D eigenvalue weighted by molar-refractivity contribution is 8.00. The van der Waals surface area contributed by atoms with Crippen LogP contribution in [0.4, 0.5) is 10.8 Å². The Morgan fingerprint density at radius 2 is 1.71 bits per heavy atom. The van der Waals surface area contributed by atoms with Crippen LogP contribution in [0, 0.1) is 6.92 Å². The van der Waals surface area contributed by atoms with Crippen LogP contribution in [0.5, 0.6) is 0 Å². The lowest BCUT2D eigenvalue weighted by Crippen LogP contribution is -2.13. The van der Waals surface area contributed by atoms with Gasteiger partial charge in [-0.15, -0.1) is 23.1 Å². The van der Waals surface area contributed by atoms with Gasteiger partial charge in [0.15, 0.2) is 5.13 Å². The summed E-state index contributed by atoms with van der Waals surface area (Å²) in [5.41, 5.74) is 3.83. The normalized spacial score (nSPS) is 10.7. The van der Waals surface area contributed by atoms with E-state index in [1.807, 2.05) is 48.7 Å². The van der Waals surface area contributed by atoms with E-state index in [0.717, 1.165) is 16.0 Å². The minimum absolute atomic E-state index is 0.162. The third kappa shape index (κ3) is 6.39. The highest BCUT2D eigenvalue weighted by Gasteiger charge is 2.12. The average molecular weight is 528 g/mol. The number of thioether (sulfide) groups is 1. The van der Waals surface area contributed by atoms with Crippen LogP contribution in [0.1, 0.15) is 15.9 Å². The Hall–Kier alpha value is -2.84. The first kappa shape index (κ1) is 24.3. The fourth-order valence-electron chi connectivity index (χ4n) is 3.00. The van der Waals surface area contributed by atoms with E-state index in [4.69, 9.17) is 23.2 Å². The zero-order valence-corrected chi connectivity index (χ0v) is 21.1. The van der Waals surface area contributed by atoms with Gasteiger partial charge in [0, 0.05) is 32.1 Å². The number of hydrogen-bond donors (Lipinski definition) is 2. The van der Waals surface area contributed by atoms with Crippen molar-refractivity contribution >= 4 is 68.9 Å². The molecule has 0 spiro atoms. The summed E-state index contributed by atoms with van der Waals surface area (Å²) >= 11 is 14.9. The van der Waals surface area contributed by atoms with Crippen LogP contribution in [0.15, 0.2) is 77.0 Å². The molecule has 3 aromatic carbocycles. The lowest BCUT2D eigenvalue weighted by Gasteiger charge is -2.07. The number of anilines is 2. The molecule has 5 nitrogen and oxygen atoms in total. The number of amides is 2. The number of hydrogen-bond acceptors (Lipinski definition) is 5. The SMILES string of the molecule is Cc1ccc(C(=O)Nc2ccc(SCC(=O)Nc3nc(-c4ccc(Cl)cc4Cl)cs3)cc2)cc1. The van der Waals surface area contributed by atoms with Crippen LogP contribution in [0.3, 0.4) is 0 Å². The van der Waals surface area contributed by atoms with E-state index in [2.05, 4.69) is 15.6 Å². The number of nitrogens with one attached hydrogen (secondary N) is 2. The standard InChI is InChI=1S/C25H19Cl2N3O2S2/c1-15-2-4-16(5-3-15)24(32)28-18-7-9-19(10-8-18)33-14-23(31)30-25-29-22(13-34-25)20-11-6-17(26)12-21(20)27/h2-13H,14H2,1H3,(H,28,32)(H,29,30,31). The predicted molar refractivity (Wildman–Crippen MR) is 142 cm³/mol. The number of aromatic nitrogens is 1. The van der Waals surface area contributed by atoms with Gasteiger partial charge in [-0.25, -0.2) is 4.98 Å². The Kier molecular flexibility index (Phi) is 7.90. The predicted octanol–water partition coefficient (Wildman–Crippen LogP) is 7.41. The van der Waals surface area contributed by atoms with Crippen molar-refractivity contribution < 1.29 is 9.59 Å². The molecule has 34 heavy (non-hydrogen) atoms. The number of benzene rings is 3. The second-order valence-electron chi connectivity index (χ2n) is 7.34. The number of thiazole rings is 1. The average Bonchev–Trinajstić information content (AvgIpc) is 3.27. The monoisotopic (exact) mass is 527 g/mol. The topological polar surface area (TPSA) is 71.1 Å². The van der Waals surface area contributed by atoms with Crippen LogP contribution in [-0.2, 0) is 4.79 Å². The summed E-state index contributed by atoms with van der Waals surface area (Å²) in [5.74, 6) is -0.0987. The van der Waals surface area contributed by atoms with Crippen LogP contribution in [-0.4, -0.2) is 22.6 Å². The molecule has 1 heterocycles. The zero-order valence-electron chi connectivity index (χ0n) is 18.0. The molecule has 0 aliphatic rings. The van der Waals surface area contributed by atoms with Crippen LogP contribution in [0.25, 0.3) is 11.3 Å². The number of nitrogens with zero attached hydrogens (tertiary/aromatic N) is 1. The molecule has 0 bridgehead atoms. The molecule has 0 saturated heterocycles. The van der Waals surface area contributed by atoms with Crippen LogP contribution < -0.4 is 10.6 Å². The molecule has 0 aliphatic carbocycles. The Bertz CT molecular complexity index is 1320. The summed E-state index contributed by atoms with van der Waals surface area (Å²) in [4.78, 5) is 30.1. The molecule has 172 valence electrons. The van der Waals surface area contributed by atoms with Gasteiger partial charge in [-0.2, -0.15) is 0 Å². The summed E-state index contributed by atoms with van der Waals surface area (Å²) in [6, 6.07) is 20.0. The van der Waals surface area contributed by atoms with E-state index in [9.17, 15) is 9.59 Å². The molecule has 9 heteroatoms. The Morgan fingerprint density at radius 1 is 0.971 bits per heavy atom. The number of halogens is 2. The molecule has 0 saturated carbocycles. The fourth-order valence-corrected chi connectivity index (χ4v) is 4.93. The molecule has 0 fully saturated rings. The number of carbonyl (C=O) groups excluding carboxylic acids is 2. The lowest BCUT2D eigenvalue weighted by atomic mass is 10.1.